The van der Waals surface area contributed by atoms with Crippen molar-refractivity contribution in [2.75, 3.05) is 0 Å². The van der Waals surface area contributed by atoms with Gasteiger partial charge >= 0.3 is 0 Å². The summed E-state index contributed by atoms with van der Waals surface area (Å²) in [6.07, 6.45) is 12.6. The van der Waals surface area contributed by atoms with Gasteiger partial charge in [0.2, 0.25) is 9.04 Å². The third kappa shape index (κ3) is 4.00. The Bertz CT molecular complexity index is 213. The van der Waals surface area contributed by atoms with Crippen LogP contribution in [0.5, 0.6) is 0 Å². The summed E-state index contributed by atoms with van der Waals surface area (Å²) in [5.41, 5.74) is 0. The second kappa shape index (κ2) is 6.35. The molecule has 1 fully saturated rings. The fourth-order valence-electron chi connectivity index (χ4n) is 2.44. The van der Waals surface area contributed by atoms with Gasteiger partial charge in [-0.05, 0) is 38.8 Å². The molecule has 15 heavy (non-hydrogen) atoms. The van der Waals surface area contributed by atoms with Crippen LogP contribution in [0.15, 0.2) is 0 Å². The van der Waals surface area contributed by atoms with Gasteiger partial charge in [-0.3, -0.25) is 0 Å². The number of rotatable bonds is 4. The zero-order valence-electron chi connectivity index (χ0n) is 10.3. The average Bonchev–Trinajstić information content (AvgIpc) is 2.26. The Balaban J connectivity index is 2.57. The van der Waals surface area contributed by atoms with E-state index in [9.17, 15) is 0 Å². The van der Waals surface area contributed by atoms with Crippen LogP contribution >= 0.6 is 0 Å². The van der Waals surface area contributed by atoms with Crippen LogP contribution in [-0.2, 0) is 4.43 Å². The molecule has 2 atom stereocenters. The highest BCUT2D eigenvalue weighted by atomic mass is 28.3. The molecule has 0 bridgehead atoms. The first-order chi connectivity index (χ1) is 7.15. The first-order valence-corrected chi connectivity index (χ1v) is 8.49. The number of terminal acetylenes is 1. The van der Waals surface area contributed by atoms with Gasteiger partial charge in [-0.1, -0.05) is 19.3 Å². The molecule has 1 aliphatic carbocycles. The van der Waals surface area contributed by atoms with Crippen LogP contribution < -0.4 is 0 Å². The molecule has 1 saturated carbocycles. The van der Waals surface area contributed by atoms with E-state index in [1.807, 2.05) is 0 Å². The predicted octanol–water partition coefficient (Wildman–Crippen LogP) is 3.47. The van der Waals surface area contributed by atoms with Gasteiger partial charge in [0.1, 0.15) is 0 Å². The van der Waals surface area contributed by atoms with E-state index in [1.54, 1.807) is 0 Å². The molecule has 0 amide bonds. The first kappa shape index (κ1) is 12.8. The Morgan fingerprint density at radius 3 is 2.33 bits per heavy atom. The second-order valence-electron chi connectivity index (χ2n) is 4.84. The summed E-state index contributed by atoms with van der Waals surface area (Å²) < 4.78 is 6.10. The third-order valence-electron chi connectivity index (χ3n) is 3.24. The summed E-state index contributed by atoms with van der Waals surface area (Å²) >= 11 is 0. The molecule has 0 aromatic heterocycles. The molecule has 0 spiro atoms. The molecule has 0 N–H and O–H groups in total. The smallest absolute Gasteiger partial charge is 0.205 e. The minimum Gasteiger partial charge on any atom is -0.413 e. The van der Waals surface area contributed by atoms with Crippen LogP contribution in [0.1, 0.15) is 39.0 Å². The van der Waals surface area contributed by atoms with E-state index < -0.39 is 9.04 Å². The molecule has 0 aliphatic heterocycles. The average molecular weight is 223 g/mol. The van der Waals surface area contributed by atoms with Crippen molar-refractivity contribution in [2.24, 2.45) is 11.8 Å². The lowest BCUT2D eigenvalue weighted by molar-refractivity contribution is 0.0807. The minimum absolute atomic E-state index is 0.271. The molecule has 1 rings (SSSR count). The molecule has 1 nitrogen and oxygen atoms in total. The van der Waals surface area contributed by atoms with Crippen LogP contribution in [0.3, 0.4) is 0 Å². The molecule has 0 heterocycles. The Morgan fingerprint density at radius 2 is 1.87 bits per heavy atom. The Labute approximate surface area is 96.3 Å². The lowest BCUT2D eigenvalue weighted by Gasteiger charge is -2.33. The van der Waals surface area contributed by atoms with Crippen molar-refractivity contribution in [1.29, 1.82) is 0 Å². The Hall–Kier alpha value is -0.263. The molecule has 1 radical (unpaired) electrons. The fraction of sp³-hybridized carbons (Fsp3) is 0.846. The Morgan fingerprint density at radius 1 is 1.27 bits per heavy atom. The van der Waals surface area contributed by atoms with Crippen molar-refractivity contribution in [3.63, 3.8) is 0 Å². The molecule has 1 aliphatic rings. The zero-order chi connectivity index (χ0) is 11.3. The molecule has 0 aromatic carbocycles. The van der Waals surface area contributed by atoms with Crippen LogP contribution in [0, 0.1) is 24.2 Å². The Kier molecular flexibility index (Phi) is 5.42. The van der Waals surface area contributed by atoms with Gasteiger partial charge in [0, 0.05) is 5.92 Å². The van der Waals surface area contributed by atoms with Crippen molar-refractivity contribution in [2.45, 2.75) is 58.2 Å². The summed E-state index contributed by atoms with van der Waals surface area (Å²) in [6, 6.07) is 0. The van der Waals surface area contributed by atoms with Gasteiger partial charge in [0.15, 0.2) is 0 Å². The zero-order valence-corrected chi connectivity index (χ0v) is 11.3. The molecule has 2 heteroatoms. The predicted molar refractivity (Wildman–Crippen MR) is 66.9 cm³/mol. The highest BCUT2D eigenvalue weighted by molar-refractivity contribution is 6.48. The molecule has 85 valence electrons. The topological polar surface area (TPSA) is 9.23 Å². The summed E-state index contributed by atoms with van der Waals surface area (Å²) in [6.45, 7) is 6.53. The third-order valence-corrected chi connectivity index (χ3v) is 3.99. The van der Waals surface area contributed by atoms with Crippen molar-refractivity contribution < 1.29 is 4.43 Å². The maximum atomic E-state index is 6.10. The van der Waals surface area contributed by atoms with Crippen LogP contribution in [0.25, 0.3) is 0 Å². The van der Waals surface area contributed by atoms with E-state index in [2.05, 4.69) is 25.9 Å². The van der Waals surface area contributed by atoms with Crippen molar-refractivity contribution in [1.82, 2.24) is 0 Å². The number of hydrogen-bond acceptors (Lipinski definition) is 1. The van der Waals surface area contributed by atoms with Gasteiger partial charge in [-0.15, -0.1) is 12.3 Å². The SMILES string of the molecule is C#C[C@H](C)[C@H](O[Si](C)C)C1CCCCC1. The van der Waals surface area contributed by atoms with E-state index in [4.69, 9.17) is 10.8 Å². The van der Waals surface area contributed by atoms with Crippen LogP contribution in [-0.4, -0.2) is 15.1 Å². The van der Waals surface area contributed by atoms with Gasteiger partial charge < -0.3 is 4.43 Å². The number of hydrogen-bond donors (Lipinski definition) is 0. The maximum absolute atomic E-state index is 6.10. The first-order valence-electron chi connectivity index (χ1n) is 6.08. The van der Waals surface area contributed by atoms with Gasteiger partial charge in [0.05, 0.1) is 6.10 Å². The molecular formula is C13H23OSi. The monoisotopic (exact) mass is 223 g/mol. The van der Waals surface area contributed by atoms with E-state index in [0.29, 0.717) is 12.0 Å². The summed E-state index contributed by atoms with van der Waals surface area (Å²) in [4.78, 5) is 0. The van der Waals surface area contributed by atoms with Gasteiger partial charge in [-0.2, -0.15) is 0 Å². The van der Waals surface area contributed by atoms with Crippen LogP contribution in [0.4, 0.5) is 0 Å². The molecular weight excluding hydrogens is 200 g/mol. The normalized spacial score (nSPS) is 22.3. The summed E-state index contributed by atoms with van der Waals surface area (Å²) in [7, 11) is -0.632. The van der Waals surface area contributed by atoms with Crippen molar-refractivity contribution >= 4 is 9.04 Å². The molecule has 0 aromatic rings. The standard InChI is InChI=1S/C13H23OSi/c1-5-11(2)13(14-15(3)4)12-9-7-6-8-10-12/h1,11-13H,6-10H2,2-4H3/t11-,13-/m0/s1. The van der Waals surface area contributed by atoms with Crippen molar-refractivity contribution in [3.8, 4) is 12.3 Å². The fourth-order valence-corrected chi connectivity index (χ4v) is 3.38. The molecule has 0 saturated heterocycles. The van der Waals surface area contributed by atoms with E-state index in [0.717, 1.165) is 0 Å². The molecule has 0 unspecified atom stereocenters. The van der Waals surface area contributed by atoms with E-state index in [1.165, 1.54) is 32.1 Å². The summed E-state index contributed by atoms with van der Waals surface area (Å²) in [5.74, 6) is 3.84. The van der Waals surface area contributed by atoms with E-state index >= 15 is 0 Å². The van der Waals surface area contributed by atoms with Crippen LogP contribution in [0.2, 0.25) is 13.1 Å². The van der Waals surface area contributed by atoms with E-state index in [-0.39, 0.29) is 5.92 Å². The maximum Gasteiger partial charge on any atom is 0.205 e. The lowest BCUT2D eigenvalue weighted by Crippen LogP contribution is -2.35. The minimum atomic E-state index is -0.632. The largest absolute Gasteiger partial charge is 0.413 e. The lowest BCUT2D eigenvalue weighted by atomic mass is 9.81. The van der Waals surface area contributed by atoms with Gasteiger partial charge in [-0.25, -0.2) is 0 Å². The second-order valence-corrected chi connectivity index (χ2v) is 6.90. The van der Waals surface area contributed by atoms with Gasteiger partial charge in [0.25, 0.3) is 0 Å². The summed E-state index contributed by atoms with van der Waals surface area (Å²) in [5, 5.41) is 0. The van der Waals surface area contributed by atoms with Crippen molar-refractivity contribution in [3.05, 3.63) is 0 Å². The highest BCUT2D eigenvalue weighted by Gasteiger charge is 2.28. The quantitative estimate of drug-likeness (QED) is 0.524. The highest BCUT2D eigenvalue weighted by Crippen LogP contribution is 2.31.